The standard InChI is InChI=1S/C25H22NP/c1-3-11-19(12-4-1)24-21-15-7-8-16-22(21)25(23-17-9-10-18-26-23)27(24)20-13-5-2-6-14-20/h1-6,9-14,16-18,25H,7-8,15H2. The van der Waals surface area contributed by atoms with Gasteiger partial charge in [0.15, 0.2) is 0 Å². The summed E-state index contributed by atoms with van der Waals surface area (Å²) in [5.41, 5.74) is 6.08. The van der Waals surface area contributed by atoms with E-state index in [1.165, 1.54) is 41.4 Å². The molecule has 0 spiro atoms. The molecule has 2 atom stereocenters. The molecule has 0 saturated heterocycles. The molecule has 1 aliphatic heterocycles. The lowest BCUT2D eigenvalue weighted by atomic mass is 9.89. The molecule has 2 aliphatic rings. The predicted octanol–water partition coefficient (Wildman–Crippen LogP) is 6.47. The van der Waals surface area contributed by atoms with Crippen molar-refractivity contribution in [2.24, 2.45) is 0 Å². The molecule has 2 heterocycles. The topological polar surface area (TPSA) is 12.9 Å². The van der Waals surface area contributed by atoms with E-state index < -0.39 is 7.92 Å². The van der Waals surface area contributed by atoms with Gasteiger partial charge in [0.1, 0.15) is 0 Å². The maximum atomic E-state index is 4.80. The highest BCUT2D eigenvalue weighted by Gasteiger charge is 2.41. The molecule has 5 rings (SSSR count). The highest BCUT2D eigenvalue weighted by atomic mass is 31.1. The van der Waals surface area contributed by atoms with Crippen LogP contribution in [0.4, 0.5) is 0 Å². The number of hydrogen-bond acceptors (Lipinski definition) is 1. The molecule has 1 nitrogen and oxygen atoms in total. The summed E-state index contributed by atoms with van der Waals surface area (Å²) in [5.74, 6) is 0. The van der Waals surface area contributed by atoms with Gasteiger partial charge in [0.25, 0.3) is 0 Å². The molecule has 0 radical (unpaired) electrons. The van der Waals surface area contributed by atoms with Gasteiger partial charge >= 0.3 is 0 Å². The number of rotatable bonds is 3. The fourth-order valence-corrected chi connectivity index (χ4v) is 7.58. The van der Waals surface area contributed by atoms with Crippen LogP contribution in [0.25, 0.3) is 5.31 Å². The molecule has 2 heteroatoms. The molecule has 1 aromatic heterocycles. The lowest BCUT2D eigenvalue weighted by molar-refractivity contribution is 0.791. The van der Waals surface area contributed by atoms with Crippen molar-refractivity contribution in [3.63, 3.8) is 0 Å². The largest absolute Gasteiger partial charge is 0.260 e. The molecule has 0 amide bonds. The minimum atomic E-state index is -0.521. The molecule has 27 heavy (non-hydrogen) atoms. The third kappa shape index (κ3) is 2.97. The van der Waals surface area contributed by atoms with Crippen molar-refractivity contribution in [2.75, 3.05) is 0 Å². The Bertz CT molecular complexity index is 990. The summed E-state index contributed by atoms with van der Waals surface area (Å²) in [7, 11) is -0.521. The van der Waals surface area contributed by atoms with Gasteiger partial charge in [-0.1, -0.05) is 72.8 Å². The fourth-order valence-electron chi connectivity index (χ4n) is 4.35. The highest BCUT2D eigenvalue weighted by molar-refractivity contribution is 7.76. The number of nitrogens with zero attached hydrogens (tertiary/aromatic N) is 1. The van der Waals surface area contributed by atoms with Gasteiger partial charge in [-0.05, 0) is 66.6 Å². The van der Waals surface area contributed by atoms with Crippen LogP contribution in [0.2, 0.25) is 0 Å². The highest BCUT2D eigenvalue weighted by Crippen LogP contribution is 2.71. The first-order valence-electron chi connectivity index (χ1n) is 9.68. The van der Waals surface area contributed by atoms with Crippen molar-refractivity contribution in [3.05, 3.63) is 114 Å². The van der Waals surface area contributed by atoms with Crippen LogP contribution in [-0.2, 0) is 0 Å². The van der Waals surface area contributed by atoms with E-state index in [0.29, 0.717) is 5.66 Å². The van der Waals surface area contributed by atoms with E-state index in [1.54, 1.807) is 10.9 Å². The molecule has 132 valence electrons. The zero-order valence-electron chi connectivity index (χ0n) is 15.3. The summed E-state index contributed by atoms with van der Waals surface area (Å²) in [6.45, 7) is 0. The molecule has 0 N–H and O–H groups in total. The van der Waals surface area contributed by atoms with Crippen molar-refractivity contribution in [1.82, 2.24) is 4.98 Å². The zero-order chi connectivity index (χ0) is 18.1. The first-order valence-corrected chi connectivity index (χ1v) is 11.1. The quantitative estimate of drug-likeness (QED) is 0.484. The molecule has 0 fully saturated rings. The van der Waals surface area contributed by atoms with Gasteiger partial charge in [0.05, 0.1) is 11.4 Å². The molecule has 0 saturated carbocycles. The number of fused-ring (bicyclic) bond motifs is 1. The second kappa shape index (κ2) is 7.25. The molecular formula is C25H22NP. The van der Waals surface area contributed by atoms with E-state index in [1.807, 2.05) is 12.3 Å². The van der Waals surface area contributed by atoms with Crippen LogP contribution in [0.5, 0.6) is 0 Å². The summed E-state index contributed by atoms with van der Waals surface area (Å²) in [6, 6.07) is 28.5. The Morgan fingerprint density at radius 3 is 2.30 bits per heavy atom. The fraction of sp³-hybridized carbons (Fsp3) is 0.160. The van der Waals surface area contributed by atoms with Gasteiger partial charge < -0.3 is 0 Å². The Kier molecular flexibility index (Phi) is 4.47. The Hall–Kier alpha value is -2.50. The smallest absolute Gasteiger partial charge is 0.0545 e. The van der Waals surface area contributed by atoms with E-state index in [9.17, 15) is 0 Å². The van der Waals surface area contributed by atoms with Crippen LogP contribution in [0.1, 0.15) is 36.2 Å². The van der Waals surface area contributed by atoms with Crippen LogP contribution < -0.4 is 5.30 Å². The van der Waals surface area contributed by atoms with Crippen LogP contribution in [0.3, 0.4) is 0 Å². The van der Waals surface area contributed by atoms with Gasteiger partial charge in [-0.15, -0.1) is 0 Å². The van der Waals surface area contributed by atoms with E-state index in [-0.39, 0.29) is 0 Å². The van der Waals surface area contributed by atoms with Gasteiger partial charge in [-0.3, -0.25) is 4.98 Å². The van der Waals surface area contributed by atoms with Crippen LogP contribution in [-0.4, -0.2) is 4.98 Å². The molecule has 0 bridgehead atoms. The van der Waals surface area contributed by atoms with Crippen LogP contribution >= 0.6 is 7.92 Å². The molecule has 2 aromatic carbocycles. The van der Waals surface area contributed by atoms with Crippen molar-refractivity contribution >= 4 is 18.5 Å². The predicted molar refractivity (Wildman–Crippen MR) is 115 cm³/mol. The second-order valence-electron chi connectivity index (χ2n) is 7.11. The number of pyridine rings is 1. The normalized spacial score (nSPS) is 21.7. The third-order valence-electron chi connectivity index (χ3n) is 5.47. The molecule has 2 unspecified atom stereocenters. The van der Waals surface area contributed by atoms with E-state index in [4.69, 9.17) is 4.98 Å². The van der Waals surface area contributed by atoms with Crippen molar-refractivity contribution in [3.8, 4) is 0 Å². The van der Waals surface area contributed by atoms with Crippen molar-refractivity contribution in [1.29, 1.82) is 0 Å². The number of hydrogen-bond donors (Lipinski definition) is 0. The minimum Gasteiger partial charge on any atom is -0.260 e. The lowest BCUT2D eigenvalue weighted by Crippen LogP contribution is -2.08. The second-order valence-corrected chi connectivity index (χ2v) is 9.33. The van der Waals surface area contributed by atoms with Crippen molar-refractivity contribution < 1.29 is 0 Å². The van der Waals surface area contributed by atoms with Gasteiger partial charge in [0, 0.05) is 6.20 Å². The Morgan fingerprint density at radius 2 is 1.56 bits per heavy atom. The maximum absolute atomic E-state index is 4.80. The van der Waals surface area contributed by atoms with Crippen LogP contribution in [0, 0.1) is 0 Å². The number of aromatic nitrogens is 1. The SMILES string of the molecule is C1=C2C(=C(c3ccccc3)P(c3ccccc3)C2c2ccccn2)CCC1. The first kappa shape index (κ1) is 16.7. The monoisotopic (exact) mass is 367 g/mol. The Labute approximate surface area is 162 Å². The number of allylic oxidation sites excluding steroid dienone is 3. The molecular weight excluding hydrogens is 345 g/mol. The van der Waals surface area contributed by atoms with Gasteiger partial charge in [-0.2, -0.15) is 0 Å². The summed E-state index contributed by atoms with van der Waals surface area (Å²) >= 11 is 0. The molecule has 1 aliphatic carbocycles. The van der Waals surface area contributed by atoms with E-state index in [2.05, 4.69) is 78.9 Å². The summed E-state index contributed by atoms with van der Waals surface area (Å²) < 4.78 is 0. The Balaban J connectivity index is 1.76. The zero-order valence-corrected chi connectivity index (χ0v) is 16.1. The number of benzene rings is 2. The van der Waals surface area contributed by atoms with E-state index in [0.717, 1.165) is 0 Å². The lowest BCUT2D eigenvalue weighted by Gasteiger charge is -2.25. The summed E-state index contributed by atoms with van der Waals surface area (Å²) in [5, 5.41) is 3.02. The van der Waals surface area contributed by atoms with Crippen LogP contribution in [0.15, 0.2) is 102 Å². The summed E-state index contributed by atoms with van der Waals surface area (Å²) in [6.07, 6.45) is 8.05. The molecule has 3 aromatic rings. The Morgan fingerprint density at radius 1 is 0.815 bits per heavy atom. The average molecular weight is 367 g/mol. The average Bonchev–Trinajstić information content (AvgIpc) is 3.11. The first-order chi connectivity index (χ1) is 13.4. The minimum absolute atomic E-state index is 0.370. The van der Waals surface area contributed by atoms with Gasteiger partial charge in [0.2, 0.25) is 0 Å². The van der Waals surface area contributed by atoms with E-state index >= 15 is 0 Å². The van der Waals surface area contributed by atoms with Gasteiger partial charge in [-0.25, -0.2) is 0 Å². The van der Waals surface area contributed by atoms with Crippen molar-refractivity contribution in [2.45, 2.75) is 24.9 Å². The maximum Gasteiger partial charge on any atom is 0.0545 e. The summed E-state index contributed by atoms with van der Waals surface area (Å²) in [4.78, 5) is 4.80. The third-order valence-corrected chi connectivity index (χ3v) is 8.40.